The van der Waals surface area contributed by atoms with Crippen molar-refractivity contribution < 1.29 is 23.8 Å². The van der Waals surface area contributed by atoms with Crippen molar-refractivity contribution in [2.24, 2.45) is 0 Å². The van der Waals surface area contributed by atoms with E-state index < -0.39 is 11.8 Å². The highest BCUT2D eigenvalue weighted by molar-refractivity contribution is 7.80. The summed E-state index contributed by atoms with van der Waals surface area (Å²) in [7, 11) is 1.50. The average Bonchev–Trinajstić information content (AvgIpc) is 3.10. The zero-order valence-electron chi connectivity index (χ0n) is 16.1. The Hall–Kier alpha value is -3.39. The lowest BCUT2D eigenvalue weighted by Gasteiger charge is -2.29. The molecule has 0 spiro atoms. The standard InChI is InChI=1S/C21H18N2O5S/c1-11-4-12(2)6-14(5-11)23-20(25)15(19(24)22-21(23)29)7-13-8-17-18(28-10-27-17)9-16(13)26-3/h4-9H,10H2,1-3H3,(H,22,24,29). The number of nitrogens with one attached hydrogen (secondary N) is 1. The van der Waals surface area contributed by atoms with Crippen LogP contribution in [0.3, 0.4) is 0 Å². The van der Waals surface area contributed by atoms with Crippen LogP contribution in [0.1, 0.15) is 16.7 Å². The van der Waals surface area contributed by atoms with Gasteiger partial charge in [-0.3, -0.25) is 19.8 Å². The first-order valence-corrected chi connectivity index (χ1v) is 9.25. The van der Waals surface area contributed by atoms with Crippen LogP contribution in [0.5, 0.6) is 17.2 Å². The topological polar surface area (TPSA) is 77.1 Å². The van der Waals surface area contributed by atoms with E-state index in [0.29, 0.717) is 28.5 Å². The SMILES string of the molecule is COc1cc2c(cc1C=C1C(=O)NC(=S)N(c3cc(C)cc(C)c3)C1=O)OCO2. The smallest absolute Gasteiger partial charge is 0.270 e. The summed E-state index contributed by atoms with van der Waals surface area (Å²) in [5.74, 6) is 0.432. The van der Waals surface area contributed by atoms with E-state index in [2.05, 4.69) is 5.32 Å². The number of amides is 2. The maximum Gasteiger partial charge on any atom is 0.270 e. The van der Waals surface area contributed by atoms with Crippen LogP contribution in [-0.2, 0) is 9.59 Å². The van der Waals surface area contributed by atoms with Crippen molar-refractivity contribution in [3.05, 3.63) is 52.6 Å². The molecule has 2 aromatic carbocycles. The van der Waals surface area contributed by atoms with Gasteiger partial charge < -0.3 is 14.2 Å². The van der Waals surface area contributed by atoms with E-state index in [4.69, 9.17) is 26.4 Å². The number of hydrogen-bond donors (Lipinski definition) is 1. The highest BCUT2D eigenvalue weighted by Gasteiger charge is 2.35. The van der Waals surface area contributed by atoms with Gasteiger partial charge in [-0.1, -0.05) is 6.07 Å². The molecule has 7 nitrogen and oxygen atoms in total. The minimum Gasteiger partial charge on any atom is -0.496 e. The molecule has 0 atom stereocenters. The van der Waals surface area contributed by atoms with Gasteiger partial charge in [0, 0.05) is 11.6 Å². The van der Waals surface area contributed by atoms with E-state index in [1.807, 2.05) is 32.0 Å². The average molecular weight is 410 g/mol. The van der Waals surface area contributed by atoms with Gasteiger partial charge in [0.2, 0.25) is 6.79 Å². The molecule has 1 fully saturated rings. The molecular formula is C21H18N2O5S. The Morgan fingerprint density at radius 1 is 1.07 bits per heavy atom. The summed E-state index contributed by atoms with van der Waals surface area (Å²) in [6, 6.07) is 9.00. The monoisotopic (exact) mass is 410 g/mol. The number of methoxy groups -OCH3 is 1. The number of ether oxygens (including phenoxy) is 3. The minimum absolute atomic E-state index is 0.0415. The molecule has 0 aromatic heterocycles. The van der Waals surface area contributed by atoms with E-state index in [0.717, 1.165) is 11.1 Å². The van der Waals surface area contributed by atoms with Crippen molar-refractivity contribution in [2.75, 3.05) is 18.8 Å². The molecule has 2 aliphatic rings. The number of rotatable bonds is 3. The third-order valence-corrected chi connectivity index (χ3v) is 4.88. The maximum absolute atomic E-state index is 13.2. The lowest BCUT2D eigenvalue weighted by molar-refractivity contribution is -0.122. The van der Waals surface area contributed by atoms with E-state index >= 15 is 0 Å². The van der Waals surface area contributed by atoms with Crippen molar-refractivity contribution in [1.29, 1.82) is 0 Å². The number of carbonyl (C=O) groups is 2. The van der Waals surface area contributed by atoms with Crippen LogP contribution in [0.4, 0.5) is 5.69 Å². The summed E-state index contributed by atoms with van der Waals surface area (Å²) in [5, 5.41) is 2.63. The first kappa shape index (κ1) is 18.9. The third-order valence-electron chi connectivity index (χ3n) is 4.59. The number of fused-ring (bicyclic) bond motifs is 1. The second-order valence-corrected chi connectivity index (χ2v) is 7.14. The number of carbonyl (C=O) groups excluding carboxylic acids is 2. The van der Waals surface area contributed by atoms with Crippen molar-refractivity contribution in [3.8, 4) is 17.2 Å². The van der Waals surface area contributed by atoms with E-state index in [9.17, 15) is 9.59 Å². The van der Waals surface area contributed by atoms with Gasteiger partial charge in [-0.25, -0.2) is 0 Å². The van der Waals surface area contributed by atoms with Crippen molar-refractivity contribution in [3.63, 3.8) is 0 Å². The van der Waals surface area contributed by atoms with Crippen molar-refractivity contribution in [1.82, 2.24) is 5.32 Å². The fourth-order valence-electron chi connectivity index (χ4n) is 3.36. The number of anilines is 1. The normalized spacial score (nSPS) is 17.0. The molecule has 0 saturated carbocycles. The molecule has 4 rings (SSSR count). The number of nitrogens with zero attached hydrogens (tertiary/aromatic N) is 1. The van der Waals surface area contributed by atoms with Gasteiger partial charge in [-0.2, -0.15) is 0 Å². The molecule has 8 heteroatoms. The van der Waals surface area contributed by atoms with E-state index in [-0.39, 0.29) is 17.5 Å². The van der Waals surface area contributed by atoms with Crippen molar-refractivity contribution >= 4 is 40.9 Å². The van der Waals surface area contributed by atoms with Crippen LogP contribution in [0.2, 0.25) is 0 Å². The lowest BCUT2D eigenvalue weighted by atomic mass is 10.0. The largest absolute Gasteiger partial charge is 0.496 e. The third kappa shape index (κ3) is 3.42. The molecule has 2 aromatic rings. The van der Waals surface area contributed by atoms with Gasteiger partial charge in [0.1, 0.15) is 11.3 Å². The predicted molar refractivity (Wildman–Crippen MR) is 111 cm³/mol. The fraction of sp³-hybridized carbons (Fsp3) is 0.190. The second kappa shape index (κ2) is 7.21. The number of hydrogen-bond acceptors (Lipinski definition) is 6. The molecule has 1 saturated heterocycles. The summed E-state index contributed by atoms with van der Waals surface area (Å²) in [5.41, 5.74) is 3.02. The minimum atomic E-state index is -0.569. The van der Waals surface area contributed by atoms with Crippen LogP contribution in [0.25, 0.3) is 6.08 Å². The maximum atomic E-state index is 13.2. The van der Waals surface area contributed by atoms with Crippen LogP contribution in [0, 0.1) is 13.8 Å². The molecule has 29 heavy (non-hydrogen) atoms. The number of benzene rings is 2. The first-order chi connectivity index (χ1) is 13.9. The van der Waals surface area contributed by atoms with Gasteiger partial charge >= 0.3 is 0 Å². The van der Waals surface area contributed by atoms with Gasteiger partial charge in [-0.15, -0.1) is 0 Å². The highest BCUT2D eigenvalue weighted by atomic mass is 32.1. The fourth-order valence-corrected chi connectivity index (χ4v) is 3.64. The molecule has 0 radical (unpaired) electrons. The van der Waals surface area contributed by atoms with Crippen molar-refractivity contribution in [2.45, 2.75) is 13.8 Å². The summed E-state index contributed by atoms with van der Waals surface area (Å²) in [6.45, 7) is 3.97. The molecule has 2 amide bonds. The van der Waals surface area contributed by atoms with Gasteiger partial charge in [0.05, 0.1) is 12.8 Å². The van der Waals surface area contributed by atoms with Crippen LogP contribution >= 0.6 is 12.2 Å². The Kier molecular flexibility index (Phi) is 4.71. The van der Waals surface area contributed by atoms with Crippen LogP contribution in [-0.4, -0.2) is 30.8 Å². The van der Waals surface area contributed by atoms with E-state index in [1.165, 1.54) is 18.1 Å². The Morgan fingerprint density at radius 2 is 1.72 bits per heavy atom. The van der Waals surface area contributed by atoms with E-state index in [1.54, 1.807) is 12.1 Å². The molecule has 0 unspecified atom stereocenters. The molecule has 2 aliphatic heterocycles. The Labute approximate surface area is 172 Å². The van der Waals surface area contributed by atoms with Crippen LogP contribution in [0.15, 0.2) is 35.9 Å². The summed E-state index contributed by atoms with van der Waals surface area (Å²) in [6.07, 6.45) is 1.47. The molecule has 0 bridgehead atoms. The van der Waals surface area contributed by atoms with Gasteiger partial charge in [-0.05, 0) is 61.5 Å². The summed E-state index contributed by atoms with van der Waals surface area (Å²) < 4.78 is 16.1. The van der Waals surface area contributed by atoms with Crippen LogP contribution < -0.4 is 24.4 Å². The summed E-state index contributed by atoms with van der Waals surface area (Å²) >= 11 is 5.27. The quantitative estimate of drug-likeness (QED) is 0.476. The Morgan fingerprint density at radius 3 is 2.38 bits per heavy atom. The molecule has 1 N–H and O–H groups in total. The second-order valence-electron chi connectivity index (χ2n) is 6.75. The number of thiocarbonyl (C=S) groups is 1. The summed E-state index contributed by atoms with van der Waals surface area (Å²) in [4.78, 5) is 27.1. The highest BCUT2D eigenvalue weighted by Crippen LogP contribution is 2.39. The predicted octanol–water partition coefficient (Wildman–Crippen LogP) is 2.87. The molecule has 148 valence electrons. The van der Waals surface area contributed by atoms with Gasteiger partial charge in [0.25, 0.3) is 11.8 Å². The zero-order chi connectivity index (χ0) is 20.7. The Bertz CT molecular complexity index is 1070. The zero-order valence-corrected chi connectivity index (χ0v) is 16.9. The molecule has 2 heterocycles. The Balaban J connectivity index is 1.78. The molecule has 0 aliphatic carbocycles. The lowest BCUT2D eigenvalue weighted by Crippen LogP contribution is -2.54. The number of aryl methyl sites for hydroxylation is 2. The first-order valence-electron chi connectivity index (χ1n) is 8.85. The molecular weight excluding hydrogens is 392 g/mol. The van der Waals surface area contributed by atoms with Gasteiger partial charge in [0.15, 0.2) is 16.6 Å².